The average molecular weight is 447 g/mol. The molecule has 0 aliphatic carbocycles. The molecule has 1 aliphatic rings. The van der Waals surface area contributed by atoms with E-state index in [2.05, 4.69) is 12.2 Å². The second kappa shape index (κ2) is 11.3. The number of benzene rings is 2. The van der Waals surface area contributed by atoms with Gasteiger partial charge in [0.2, 0.25) is 15.9 Å². The second-order valence-corrected chi connectivity index (χ2v) is 9.29. The van der Waals surface area contributed by atoms with E-state index in [4.69, 9.17) is 9.47 Å². The summed E-state index contributed by atoms with van der Waals surface area (Å²) in [7, 11) is -3.48. The van der Waals surface area contributed by atoms with Gasteiger partial charge in [-0.15, -0.1) is 0 Å². The Morgan fingerprint density at radius 2 is 1.68 bits per heavy atom. The highest BCUT2D eigenvalue weighted by Gasteiger charge is 2.25. The lowest BCUT2D eigenvalue weighted by molar-refractivity contribution is -0.121. The Labute approximate surface area is 184 Å². The molecule has 8 heteroatoms. The Morgan fingerprint density at radius 1 is 1.03 bits per heavy atom. The maximum absolute atomic E-state index is 12.6. The summed E-state index contributed by atoms with van der Waals surface area (Å²) in [5, 5.41) is 2.87. The standard InChI is InChI=1S/C23H30N2O5S/c1-2-19-3-7-21(8-4-19)30-16-12-23(26)24-13-11-20-5-9-22(10-6-20)31(27,28)25-14-17-29-18-15-25/h3-10H,2,11-18H2,1H3,(H,24,26). The zero-order chi connectivity index (χ0) is 22.1. The molecule has 1 fully saturated rings. The van der Waals surface area contributed by atoms with Gasteiger partial charge in [0, 0.05) is 19.6 Å². The highest BCUT2D eigenvalue weighted by atomic mass is 32.2. The number of amides is 1. The van der Waals surface area contributed by atoms with Crippen LogP contribution in [0.25, 0.3) is 0 Å². The lowest BCUT2D eigenvalue weighted by atomic mass is 10.1. The minimum absolute atomic E-state index is 0.0725. The van der Waals surface area contributed by atoms with E-state index in [0.29, 0.717) is 45.9 Å². The molecule has 0 radical (unpaired) electrons. The number of aryl methyl sites for hydroxylation is 1. The summed E-state index contributed by atoms with van der Waals surface area (Å²) in [5.74, 6) is 0.689. The molecule has 7 nitrogen and oxygen atoms in total. The van der Waals surface area contributed by atoms with Crippen LogP contribution in [0.15, 0.2) is 53.4 Å². The van der Waals surface area contributed by atoms with Gasteiger partial charge in [0.25, 0.3) is 0 Å². The number of hydrogen-bond donors (Lipinski definition) is 1. The normalized spacial score (nSPS) is 14.9. The van der Waals surface area contributed by atoms with Crippen molar-refractivity contribution >= 4 is 15.9 Å². The van der Waals surface area contributed by atoms with Gasteiger partial charge < -0.3 is 14.8 Å². The number of rotatable bonds is 10. The number of carbonyl (C=O) groups is 1. The van der Waals surface area contributed by atoms with Crippen molar-refractivity contribution in [3.8, 4) is 5.75 Å². The molecule has 1 heterocycles. The molecule has 1 aliphatic heterocycles. The number of ether oxygens (including phenoxy) is 2. The lowest BCUT2D eigenvalue weighted by Gasteiger charge is -2.26. The van der Waals surface area contributed by atoms with Gasteiger partial charge in [0.1, 0.15) is 5.75 Å². The molecule has 0 spiro atoms. The fraction of sp³-hybridized carbons (Fsp3) is 0.435. The van der Waals surface area contributed by atoms with E-state index in [1.807, 2.05) is 24.3 Å². The van der Waals surface area contributed by atoms with Crippen LogP contribution in [-0.2, 0) is 32.4 Å². The van der Waals surface area contributed by atoms with Crippen molar-refractivity contribution in [1.29, 1.82) is 0 Å². The fourth-order valence-corrected chi connectivity index (χ4v) is 4.69. The summed E-state index contributed by atoms with van der Waals surface area (Å²) in [4.78, 5) is 12.3. The molecule has 168 valence electrons. The Balaban J connectivity index is 1.38. The largest absolute Gasteiger partial charge is 0.493 e. The number of sulfonamides is 1. The third kappa shape index (κ3) is 6.78. The van der Waals surface area contributed by atoms with Gasteiger partial charge in [0.15, 0.2) is 0 Å². The molecular formula is C23H30N2O5S. The number of nitrogens with one attached hydrogen (secondary N) is 1. The zero-order valence-electron chi connectivity index (χ0n) is 17.9. The number of carbonyl (C=O) groups excluding carboxylic acids is 1. The third-order valence-electron chi connectivity index (χ3n) is 5.20. The highest BCUT2D eigenvalue weighted by molar-refractivity contribution is 7.89. The van der Waals surface area contributed by atoms with Crippen LogP contribution in [0.4, 0.5) is 0 Å². The van der Waals surface area contributed by atoms with Crippen molar-refractivity contribution in [3.63, 3.8) is 0 Å². The first-order valence-electron chi connectivity index (χ1n) is 10.6. The summed E-state index contributed by atoms with van der Waals surface area (Å²) in [5.41, 5.74) is 2.21. The van der Waals surface area contributed by atoms with Crippen LogP contribution in [0.1, 0.15) is 24.5 Å². The predicted molar refractivity (Wildman–Crippen MR) is 119 cm³/mol. The Morgan fingerprint density at radius 3 is 2.32 bits per heavy atom. The van der Waals surface area contributed by atoms with Gasteiger partial charge >= 0.3 is 0 Å². The third-order valence-corrected chi connectivity index (χ3v) is 7.11. The molecule has 0 unspecified atom stereocenters. The van der Waals surface area contributed by atoms with E-state index < -0.39 is 10.0 Å². The maximum atomic E-state index is 12.6. The first-order chi connectivity index (χ1) is 15.0. The zero-order valence-corrected chi connectivity index (χ0v) is 18.7. The van der Waals surface area contributed by atoms with E-state index in [-0.39, 0.29) is 17.2 Å². The van der Waals surface area contributed by atoms with Crippen LogP contribution in [0.3, 0.4) is 0 Å². The molecule has 1 saturated heterocycles. The summed E-state index contributed by atoms with van der Waals surface area (Å²) < 4.78 is 37.6. The number of hydrogen-bond acceptors (Lipinski definition) is 5. The van der Waals surface area contributed by atoms with Crippen LogP contribution < -0.4 is 10.1 Å². The Hall–Kier alpha value is -2.42. The quantitative estimate of drug-likeness (QED) is 0.606. The van der Waals surface area contributed by atoms with E-state index in [9.17, 15) is 13.2 Å². The molecule has 1 N–H and O–H groups in total. The van der Waals surface area contributed by atoms with Crippen molar-refractivity contribution in [2.24, 2.45) is 0 Å². The first kappa shape index (κ1) is 23.2. The second-order valence-electron chi connectivity index (χ2n) is 7.36. The lowest BCUT2D eigenvalue weighted by Crippen LogP contribution is -2.40. The van der Waals surface area contributed by atoms with E-state index in [1.165, 1.54) is 9.87 Å². The van der Waals surface area contributed by atoms with E-state index in [1.54, 1.807) is 24.3 Å². The molecule has 3 rings (SSSR count). The van der Waals surface area contributed by atoms with Gasteiger partial charge in [-0.05, 0) is 48.2 Å². The molecule has 31 heavy (non-hydrogen) atoms. The van der Waals surface area contributed by atoms with Crippen LogP contribution in [0.2, 0.25) is 0 Å². The molecular weight excluding hydrogens is 416 g/mol. The molecule has 0 saturated carbocycles. The monoisotopic (exact) mass is 446 g/mol. The molecule has 0 aromatic heterocycles. The summed E-state index contributed by atoms with van der Waals surface area (Å²) in [6.07, 6.45) is 1.89. The molecule has 1 amide bonds. The van der Waals surface area contributed by atoms with Crippen LogP contribution >= 0.6 is 0 Å². The first-order valence-corrected chi connectivity index (χ1v) is 12.1. The fourth-order valence-electron chi connectivity index (χ4n) is 3.28. The molecule has 0 atom stereocenters. The van der Waals surface area contributed by atoms with Crippen LogP contribution in [-0.4, -0.2) is 58.1 Å². The predicted octanol–water partition coefficient (Wildman–Crippen LogP) is 2.40. The van der Waals surface area contributed by atoms with Gasteiger partial charge in [-0.2, -0.15) is 4.31 Å². The van der Waals surface area contributed by atoms with Gasteiger partial charge in [-0.25, -0.2) is 8.42 Å². The Kier molecular flexibility index (Phi) is 8.45. The highest BCUT2D eigenvalue weighted by Crippen LogP contribution is 2.18. The Bertz CT molecular complexity index is 937. The maximum Gasteiger partial charge on any atom is 0.243 e. The van der Waals surface area contributed by atoms with Gasteiger partial charge in [0.05, 0.1) is 31.1 Å². The summed E-state index contributed by atoms with van der Waals surface area (Å²) in [6.45, 7) is 4.51. The SMILES string of the molecule is CCc1ccc(OCCC(=O)NCCc2ccc(S(=O)(=O)N3CCOCC3)cc2)cc1. The van der Waals surface area contributed by atoms with Crippen molar-refractivity contribution in [2.45, 2.75) is 31.1 Å². The number of nitrogens with zero attached hydrogens (tertiary/aromatic N) is 1. The van der Waals surface area contributed by atoms with Crippen molar-refractivity contribution in [3.05, 3.63) is 59.7 Å². The summed E-state index contributed by atoms with van der Waals surface area (Å²) in [6, 6.07) is 14.7. The smallest absolute Gasteiger partial charge is 0.243 e. The topological polar surface area (TPSA) is 84.9 Å². The minimum atomic E-state index is -3.48. The average Bonchev–Trinajstić information content (AvgIpc) is 2.80. The van der Waals surface area contributed by atoms with Gasteiger partial charge in [-0.1, -0.05) is 31.2 Å². The van der Waals surface area contributed by atoms with Crippen molar-refractivity contribution < 1.29 is 22.7 Å². The molecule has 2 aromatic rings. The van der Waals surface area contributed by atoms with Crippen molar-refractivity contribution in [1.82, 2.24) is 9.62 Å². The minimum Gasteiger partial charge on any atom is -0.493 e. The van der Waals surface area contributed by atoms with Gasteiger partial charge in [-0.3, -0.25) is 4.79 Å². The van der Waals surface area contributed by atoms with E-state index in [0.717, 1.165) is 17.7 Å². The van der Waals surface area contributed by atoms with Crippen LogP contribution in [0.5, 0.6) is 5.75 Å². The summed E-state index contributed by atoms with van der Waals surface area (Å²) >= 11 is 0. The number of morpholine rings is 1. The van der Waals surface area contributed by atoms with Crippen molar-refractivity contribution in [2.75, 3.05) is 39.5 Å². The van der Waals surface area contributed by atoms with E-state index >= 15 is 0 Å². The molecule has 0 bridgehead atoms. The molecule has 2 aromatic carbocycles. The van der Waals surface area contributed by atoms with Crippen LogP contribution in [0, 0.1) is 0 Å².